The molecule has 0 spiro atoms. The number of aromatic nitrogens is 4. The lowest BCUT2D eigenvalue weighted by atomic mass is 10.2. The smallest absolute Gasteiger partial charge is 0.321 e. The second-order valence-electron chi connectivity index (χ2n) is 5.48. The van der Waals surface area contributed by atoms with E-state index in [4.69, 9.17) is 4.52 Å². The van der Waals surface area contributed by atoms with Crippen LogP contribution >= 0.6 is 0 Å². The van der Waals surface area contributed by atoms with E-state index in [1.165, 1.54) is 0 Å². The Balaban J connectivity index is 1.50. The van der Waals surface area contributed by atoms with Gasteiger partial charge in [-0.3, -0.25) is 4.90 Å². The molecule has 1 fully saturated rings. The van der Waals surface area contributed by atoms with Crippen molar-refractivity contribution in [1.82, 2.24) is 25.4 Å². The minimum absolute atomic E-state index is 0.0839. The zero-order chi connectivity index (χ0) is 16.4. The summed E-state index contributed by atoms with van der Waals surface area (Å²) in [5.41, 5.74) is 1.64. The number of carbonyl (C=O) groups excluding carboxylic acids is 1. The van der Waals surface area contributed by atoms with Gasteiger partial charge in [-0.25, -0.2) is 9.78 Å². The highest BCUT2D eigenvalue weighted by molar-refractivity contribution is 5.94. The van der Waals surface area contributed by atoms with Gasteiger partial charge in [-0.15, -0.1) is 0 Å². The molecule has 2 amide bonds. The average molecular weight is 324 g/mol. The fraction of sp³-hybridized carbons (Fsp3) is 0.250. The molecule has 24 heavy (non-hydrogen) atoms. The number of imidazole rings is 1. The van der Waals surface area contributed by atoms with Gasteiger partial charge < -0.3 is 14.8 Å². The molecular weight excluding hydrogens is 308 g/mol. The van der Waals surface area contributed by atoms with E-state index in [-0.39, 0.29) is 6.03 Å². The van der Waals surface area contributed by atoms with Gasteiger partial charge in [0.1, 0.15) is 5.82 Å². The Kier molecular flexibility index (Phi) is 3.70. The molecule has 2 aromatic heterocycles. The molecule has 0 atom stereocenters. The van der Waals surface area contributed by atoms with Crippen molar-refractivity contribution in [1.29, 1.82) is 0 Å². The Morgan fingerprint density at radius 2 is 2.25 bits per heavy atom. The second kappa shape index (κ2) is 6.15. The molecule has 0 saturated carbocycles. The summed E-state index contributed by atoms with van der Waals surface area (Å²) in [6.07, 6.45) is 4.83. The number of H-pyrrole nitrogens is 1. The summed E-state index contributed by atoms with van der Waals surface area (Å²) in [5, 5.41) is 6.83. The first-order valence-electron chi connectivity index (χ1n) is 7.76. The number of aromatic amines is 1. The third kappa shape index (κ3) is 2.85. The van der Waals surface area contributed by atoms with Crippen LogP contribution in [0.5, 0.6) is 0 Å². The molecule has 1 aromatic carbocycles. The van der Waals surface area contributed by atoms with Crippen LogP contribution in [-0.4, -0.2) is 39.2 Å². The number of hydrogen-bond acceptors (Lipinski definition) is 5. The van der Waals surface area contributed by atoms with Crippen molar-refractivity contribution < 1.29 is 9.32 Å². The molecular formula is C16H16N6O2. The number of amides is 2. The minimum Gasteiger partial charge on any atom is -0.349 e. The molecule has 0 unspecified atom stereocenters. The molecule has 0 radical (unpaired) electrons. The number of anilines is 1. The lowest BCUT2D eigenvalue weighted by Gasteiger charge is -2.14. The quantitative estimate of drug-likeness (QED) is 0.745. The maximum atomic E-state index is 11.8. The zero-order valence-corrected chi connectivity index (χ0v) is 12.9. The molecule has 1 aliphatic rings. The number of rotatable bonds is 5. The van der Waals surface area contributed by atoms with E-state index in [2.05, 4.69) is 25.4 Å². The molecule has 0 aliphatic carbocycles. The maximum Gasteiger partial charge on any atom is 0.321 e. The van der Waals surface area contributed by atoms with Crippen LogP contribution in [-0.2, 0) is 12.8 Å². The SMILES string of the molecule is O=C1NCCN1c1cccc(-c2noc(CCc3ncc[nH]3)n2)c1. The van der Waals surface area contributed by atoms with Gasteiger partial charge in [0, 0.05) is 49.6 Å². The Bertz CT molecular complexity index is 842. The van der Waals surface area contributed by atoms with Crippen LogP contribution in [0.4, 0.5) is 10.5 Å². The highest BCUT2D eigenvalue weighted by Crippen LogP contribution is 2.24. The van der Waals surface area contributed by atoms with Crippen molar-refractivity contribution in [3.05, 3.63) is 48.4 Å². The fourth-order valence-electron chi connectivity index (χ4n) is 2.66. The van der Waals surface area contributed by atoms with Crippen LogP contribution in [0.3, 0.4) is 0 Å². The van der Waals surface area contributed by atoms with Crippen LogP contribution in [0.25, 0.3) is 11.4 Å². The van der Waals surface area contributed by atoms with E-state index in [0.717, 1.165) is 17.1 Å². The predicted molar refractivity (Wildman–Crippen MR) is 86.5 cm³/mol. The summed E-state index contributed by atoms with van der Waals surface area (Å²) in [4.78, 5) is 25.1. The normalized spacial score (nSPS) is 14.2. The summed E-state index contributed by atoms with van der Waals surface area (Å²) in [6.45, 7) is 1.31. The van der Waals surface area contributed by atoms with Gasteiger partial charge in [0.15, 0.2) is 0 Å². The topological polar surface area (TPSA) is 99.9 Å². The van der Waals surface area contributed by atoms with Gasteiger partial charge in [-0.1, -0.05) is 17.3 Å². The predicted octanol–water partition coefficient (Wildman–Crippen LogP) is 1.77. The second-order valence-corrected chi connectivity index (χ2v) is 5.48. The minimum atomic E-state index is -0.0839. The van der Waals surface area contributed by atoms with Crippen LogP contribution in [0, 0.1) is 0 Å². The van der Waals surface area contributed by atoms with Crippen LogP contribution in [0.2, 0.25) is 0 Å². The van der Waals surface area contributed by atoms with Gasteiger partial charge in [0.25, 0.3) is 0 Å². The summed E-state index contributed by atoms with van der Waals surface area (Å²) < 4.78 is 5.31. The van der Waals surface area contributed by atoms with Crippen molar-refractivity contribution in [3.8, 4) is 11.4 Å². The van der Waals surface area contributed by atoms with E-state index >= 15 is 0 Å². The third-order valence-electron chi connectivity index (χ3n) is 3.87. The first-order chi connectivity index (χ1) is 11.8. The molecule has 3 heterocycles. The zero-order valence-electron chi connectivity index (χ0n) is 12.9. The molecule has 3 aromatic rings. The number of benzene rings is 1. The van der Waals surface area contributed by atoms with Crippen LogP contribution in [0.15, 0.2) is 41.2 Å². The van der Waals surface area contributed by atoms with Gasteiger partial charge in [0.2, 0.25) is 11.7 Å². The number of carbonyl (C=O) groups is 1. The monoisotopic (exact) mass is 324 g/mol. The Morgan fingerprint density at radius 1 is 1.29 bits per heavy atom. The summed E-state index contributed by atoms with van der Waals surface area (Å²) in [5.74, 6) is 1.97. The summed E-state index contributed by atoms with van der Waals surface area (Å²) >= 11 is 0. The van der Waals surface area contributed by atoms with Crippen LogP contribution in [0.1, 0.15) is 11.7 Å². The number of nitrogens with zero attached hydrogens (tertiary/aromatic N) is 4. The first kappa shape index (κ1) is 14.4. The molecule has 2 N–H and O–H groups in total. The van der Waals surface area contributed by atoms with Crippen LogP contribution < -0.4 is 10.2 Å². The standard InChI is InChI=1S/C16H16N6O2/c23-16-19-8-9-22(16)12-3-1-2-11(10-12)15-20-14(24-21-15)5-4-13-17-6-7-18-13/h1-3,6-7,10H,4-5,8-9H2,(H,17,18)(H,19,23). The lowest BCUT2D eigenvalue weighted by Crippen LogP contribution is -2.27. The van der Waals surface area contributed by atoms with Gasteiger partial charge >= 0.3 is 6.03 Å². The molecule has 4 rings (SSSR count). The van der Waals surface area contributed by atoms with Gasteiger partial charge in [0.05, 0.1) is 0 Å². The molecule has 0 bridgehead atoms. The fourth-order valence-corrected chi connectivity index (χ4v) is 2.66. The third-order valence-corrected chi connectivity index (χ3v) is 3.87. The van der Waals surface area contributed by atoms with Crippen molar-refractivity contribution in [3.63, 3.8) is 0 Å². The molecule has 8 heteroatoms. The Labute approximate surface area is 137 Å². The first-order valence-corrected chi connectivity index (χ1v) is 7.76. The Morgan fingerprint density at radius 3 is 3.04 bits per heavy atom. The van der Waals surface area contributed by atoms with E-state index in [0.29, 0.717) is 37.6 Å². The van der Waals surface area contributed by atoms with Crippen molar-refractivity contribution in [2.24, 2.45) is 0 Å². The number of aryl methyl sites for hydroxylation is 2. The maximum absolute atomic E-state index is 11.8. The molecule has 8 nitrogen and oxygen atoms in total. The largest absolute Gasteiger partial charge is 0.349 e. The van der Waals surface area contributed by atoms with E-state index in [1.54, 1.807) is 17.3 Å². The van der Waals surface area contributed by atoms with Crippen molar-refractivity contribution in [2.45, 2.75) is 12.8 Å². The Hall–Kier alpha value is -3.16. The highest BCUT2D eigenvalue weighted by atomic mass is 16.5. The molecule has 1 saturated heterocycles. The van der Waals surface area contributed by atoms with E-state index in [1.807, 2.05) is 24.3 Å². The highest BCUT2D eigenvalue weighted by Gasteiger charge is 2.21. The van der Waals surface area contributed by atoms with Crippen molar-refractivity contribution >= 4 is 11.7 Å². The molecule has 122 valence electrons. The summed E-state index contributed by atoms with van der Waals surface area (Å²) in [6, 6.07) is 7.49. The lowest BCUT2D eigenvalue weighted by molar-refractivity contribution is 0.252. The van der Waals surface area contributed by atoms with Crippen molar-refractivity contribution in [2.75, 3.05) is 18.0 Å². The van der Waals surface area contributed by atoms with E-state index in [9.17, 15) is 4.79 Å². The van der Waals surface area contributed by atoms with E-state index < -0.39 is 0 Å². The average Bonchev–Trinajstić information content (AvgIpc) is 3.35. The number of hydrogen-bond donors (Lipinski definition) is 2. The van der Waals surface area contributed by atoms with Gasteiger partial charge in [-0.05, 0) is 12.1 Å². The van der Waals surface area contributed by atoms with Gasteiger partial charge in [-0.2, -0.15) is 4.98 Å². The molecule has 1 aliphatic heterocycles. The number of urea groups is 1. The summed E-state index contributed by atoms with van der Waals surface area (Å²) in [7, 11) is 0. The number of nitrogens with one attached hydrogen (secondary N) is 2.